The molecule has 1 heterocycles. The molecule has 1 N–H and O–H groups in total. The molecule has 1 aliphatic rings. The number of rotatable bonds is 5. The molecular weight excluding hydrogens is 412 g/mol. The number of carbonyl (C=O) groups excluding carboxylic acids is 2. The van der Waals surface area contributed by atoms with Gasteiger partial charge in [0.15, 0.2) is 0 Å². The molecule has 0 aliphatic carbocycles. The van der Waals surface area contributed by atoms with Crippen LogP contribution >= 0.6 is 15.9 Å². The molecule has 0 atom stereocenters. The van der Waals surface area contributed by atoms with Gasteiger partial charge in [0.05, 0.1) is 25.4 Å². The molecule has 1 saturated heterocycles. The molecule has 1 aliphatic heterocycles. The van der Waals surface area contributed by atoms with Gasteiger partial charge >= 0.3 is 0 Å². The van der Waals surface area contributed by atoms with Gasteiger partial charge in [-0.25, -0.2) is 0 Å². The number of amides is 2. The summed E-state index contributed by atoms with van der Waals surface area (Å²) >= 11 is 3.38. The van der Waals surface area contributed by atoms with Gasteiger partial charge in [-0.3, -0.25) is 9.59 Å². The van der Waals surface area contributed by atoms with Gasteiger partial charge in [-0.05, 0) is 43.3 Å². The number of anilines is 1. The van der Waals surface area contributed by atoms with Gasteiger partial charge in [-0.2, -0.15) is 0 Å². The molecule has 7 heteroatoms. The third-order valence-corrected chi connectivity index (χ3v) is 4.65. The van der Waals surface area contributed by atoms with Crippen molar-refractivity contribution in [2.24, 2.45) is 0 Å². The van der Waals surface area contributed by atoms with Crippen LogP contribution in [0.2, 0.25) is 0 Å². The molecule has 142 valence electrons. The van der Waals surface area contributed by atoms with E-state index >= 15 is 0 Å². The first-order chi connectivity index (χ1) is 13.1. The van der Waals surface area contributed by atoms with Gasteiger partial charge in [0, 0.05) is 28.8 Å². The van der Waals surface area contributed by atoms with Crippen molar-refractivity contribution in [2.75, 3.05) is 38.2 Å². The van der Waals surface area contributed by atoms with Crippen molar-refractivity contribution < 1.29 is 19.1 Å². The second-order valence-corrected chi connectivity index (χ2v) is 6.93. The number of carbonyl (C=O) groups is 2. The van der Waals surface area contributed by atoms with Crippen LogP contribution in [0.5, 0.6) is 5.75 Å². The Morgan fingerprint density at radius 1 is 1.19 bits per heavy atom. The lowest BCUT2D eigenvalue weighted by atomic mass is 10.1. The highest BCUT2D eigenvalue weighted by Gasteiger charge is 2.19. The Morgan fingerprint density at radius 2 is 1.96 bits per heavy atom. The second-order valence-electron chi connectivity index (χ2n) is 6.01. The summed E-state index contributed by atoms with van der Waals surface area (Å²) in [5, 5.41) is 2.85. The van der Waals surface area contributed by atoms with Crippen LogP contribution in [0.15, 0.2) is 46.9 Å². The zero-order valence-electron chi connectivity index (χ0n) is 15.0. The summed E-state index contributed by atoms with van der Waals surface area (Å²) in [7, 11) is 0. The summed E-state index contributed by atoms with van der Waals surface area (Å²) in [5.41, 5.74) is 1.52. The Labute approximate surface area is 166 Å². The minimum Gasteiger partial charge on any atom is -0.493 e. The maximum absolute atomic E-state index is 12.7. The summed E-state index contributed by atoms with van der Waals surface area (Å²) in [5.74, 6) is 0.154. The summed E-state index contributed by atoms with van der Waals surface area (Å²) in [4.78, 5) is 27.1. The maximum Gasteiger partial charge on any atom is 0.259 e. The van der Waals surface area contributed by atoms with Crippen molar-refractivity contribution >= 4 is 33.4 Å². The number of halogens is 1. The lowest BCUT2D eigenvalue weighted by molar-refractivity contribution is 0.0303. The van der Waals surface area contributed by atoms with Crippen molar-refractivity contribution in [2.45, 2.75) is 6.92 Å². The lowest BCUT2D eigenvalue weighted by Gasteiger charge is -2.27. The number of hydrogen-bond acceptors (Lipinski definition) is 4. The average Bonchev–Trinajstić information content (AvgIpc) is 2.69. The van der Waals surface area contributed by atoms with Crippen LogP contribution in [-0.4, -0.2) is 49.6 Å². The Hall–Kier alpha value is -2.38. The number of hydrogen-bond donors (Lipinski definition) is 1. The minimum atomic E-state index is -0.296. The summed E-state index contributed by atoms with van der Waals surface area (Å²) in [6, 6.07) is 12.2. The van der Waals surface area contributed by atoms with Crippen LogP contribution in [0, 0.1) is 0 Å². The fourth-order valence-corrected chi connectivity index (χ4v) is 3.20. The number of morpholine rings is 1. The number of nitrogens with zero attached hydrogens (tertiary/aromatic N) is 1. The normalized spacial score (nSPS) is 13.9. The highest BCUT2D eigenvalue weighted by Crippen LogP contribution is 2.25. The molecule has 1 fully saturated rings. The standard InChI is InChI=1S/C20H21BrN2O4/c1-2-27-18-7-6-15(21)13-17(18)19(24)22-16-5-3-4-14(12-16)20(25)23-8-10-26-11-9-23/h3-7,12-13H,2,8-11H2,1H3,(H,22,24). The van der Waals surface area contributed by atoms with Crippen molar-refractivity contribution in [1.29, 1.82) is 0 Å². The van der Waals surface area contributed by atoms with Crippen LogP contribution in [0.3, 0.4) is 0 Å². The molecule has 2 aromatic rings. The molecule has 3 rings (SSSR count). The van der Waals surface area contributed by atoms with E-state index < -0.39 is 0 Å². The van der Waals surface area contributed by atoms with E-state index in [1.807, 2.05) is 13.0 Å². The molecule has 27 heavy (non-hydrogen) atoms. The number of nitrogens with one attached hydrogen (secondary N) is 1. The predicted octanol–water partition coefficient (Wildman–Crippen LogP) is 3.57. The molecule has 6 nitrogen and oxygen atoms in total. The van der Waals surface area contributed by atoms with E-state index in [0.29, 0.717) is 55.5 Å². The van der Waals surface area contributed by atoms with Gasteiger partial charge in [0.25, 0.3) is 11.8 Å². The largest absolute Gasteiger partial charge is 0.493 e. The average molecular weight is 433 g/mol. The smallest absolute Gasteiger partial charge is 0.259 e. The Kier molecular flexibility index (Phi) is 6.47. The third kappa shape index (κ3) is 4.87. The van der Waals surface area contributed by atoms with Crippen LogP contribution in [0.4, 0.5) is 5.69 Å². The fraction of sp³-hybridized carbons (Fsp3) is 0.300. The van der Waals surface area contributed by atoms with E-state index in [1.54, 1.807) is 41.3 Å². The number of ether oxygens (including phenoxy) is 2. The summed E-state index contributed by atoms with van der Waals surface area (Å²) in [6.45, 7) is 4.57. The highest BCUT2D eigenvalue weighted by molar-refractivity contribution is 9.10. The molecule has 2 amide bonds. The van der Waals surface area contributed by atoms with E-state index in [1.165, 1.54) is 0 Å². The quantitative estimate of drug-likeness (QED) is 0.783. The van der Waals surface area contributed by atoms with Crippen molar-refractivity contribution in [3.63, 3.8) is 0 Å². The zero-order chi connectivity index (χ0) is 19.2. The molecular formula is C20H21BrN2O4. The Morgan fingerprint density at radius 3 is 2.70 bits per heavy atom. The first-order valence-electron chi connectivity index (χ1n) is 8.79. The Bertz CT molecular complexity index is 834. The lowest BCUT2D eigenvalue weighted by Crippen LogP contribution is -2.40. The van der Waals surface area contributed by atoms with Gasteiger partial charge in [-0.1, -0.05) is 22.0 Å². The van der Waals surface area contributed by atoms with Crippen LogP contribution in [-0.2, 0) is 4.74 Å². The van der Waals surface area contributed by atoms with Crippen LogP contribution in [0.25, 0.3) is 0 Å². The van der Waals surface area contributed by atoms with E-state index in [9.17, 15) is 9.59 Å². The predicted molar refractivity (Wildman–Crippen MR) is 106 cm³/mol. The topological polar surface area (TPSA) is 67.9 Å². The Balaban J connectivity index is 1.77. The first-order valence-corrected chi connectivity index (χ1v) is 9.58. The molecule has 0 aromatic heterocycles. The van der Waals surface area contributed by atoms with Gasteiger partial charge in [-0.15, -0.1) is 0 Å². The minimum absolute atomic E-state index is 0.0631. The van der Waals surface area contributed by atoms with Gasteiger partial charge in [0.2, 0.25) is 0 Å². The van der Waals surface area contributed by atoms with Crippen molar-refractivity contribution in [3.05, 3.63) is 58.1 Å². The van der Waals surface area contributed by atoms with Gasteiger partial charge < -0.3 is 19.7 Å². The van der Waals surface area contributed by atoms with Crippen LogP contribution < -0.4 is 10.1 Å². The first kappa shape index (κ1) is 19.4. The monoisotopic (exact) mass is 432 g/mol. The van der Waals surface area contributed by atoms with E-state index in [0.717, 1.165) is 4.47 Å². The zero-order valence-corrected chi connectivity index (χ0v) is 16.6. The third-order valence-electron chi connectivity index (χ3n) is 4.15. The SMILES string of the molecule is CCOc1ccc(Br)cc1C(=O)Nc1cccc(C(=O)N2CCOCC2)c1. The summed E-state index contributed by atoms with van der Waals surface area (Å²) in [6.07, 6.45) is 0. The van der Waals surface area contributed by atoms with E-state index in [2.05, 4.69) is 21.2 Å². The van der Waals surface area contributed by atoms with Crippen LogP contribution in [0.1, 0.15) is 27.6 Å². The molecule has 0 saturated carbocycles. The maximum atomic E-state index is 12.7. The van der Waals surface area contributed by atoms with E-state index in [-0.39, 0.29) is 11.8 Å². The van der Waals surface area contributed by atoms with Crippen molar-refractivity contribution in [1.82, 2.24) is 4.90 Å². The van der Waals surface area contributed by atoms with Gasteiger partial charge in [0.1, 0.15) is 5.75 Å². The second kappa shape index (κ2) is 9.01. The molecule has 0 bridgehead atoms. The molecule has 0 radical (unpaired) electrons. The molecule has 2 aromatic carbocycles. The van der Waals surface area contributed by atoms with E-state index in [4.69, 9.17) is 9.47 Å². The highest BCUT2D eigenvalue weighted by atomic mass is 79.9. The molecule has 0 spiro atoms. The molecule has 0 unspecified atom stereocenters. The fourth-order valence-electron chi connectivity index (χ4n) is 2.84. The van der Waals surface area contributed by atoms with Crippen molar-refractivity contribution in [3.8, 4) is 5.75 Å². The number of benzene rings is 2. The summed E-state index contributed by atoms with van der Waals surface area (Å²) < 4.78 is 11.6.